The summed E-state index contributed by atoms with van der Waals surface area (Å²) in [5.74, 6) is -1.63. The molecule has 3 rings (SSSR count). The van der Waals surface area contributed by atoms with Gasteiger partial charge in [0.1, 0.15) is 6.04 Å². The molecule has 0 unspecified atom stereocenters. The van der Waals surface area contributed by atoms with Crippen LogP contribution in [0.1, 0.15) is 23.2 Å². The molecule has 0 aliphatic rings. The maximum absolute atomic E-state index is 12.7. The lowest BCUT2D eigenvalue weighted by Gasteiger charge is -2.15. The van der Waals surface area contributed by atoms with Gasteiger partial charge >= 0.3 is 5.97 Å². The van der Waals surface area contributed by atoms with Crippen molar-refractivity contribution >= 4 is 45.1 Å². The molecule has 0 aliphatic heterocycles. The van der Waals surface area contributed by atoms with E-state index in [1.54, 1.807) is 48.5 Å². The van der Waals surface area contributed by atoms with Gasteiger partial charge in [0.05, 0.1) is 4.90 Å². The second-order valence-electron chi connectivity index (χ2n) is 7.45. The lowest BCUT2D eigenvalue weighted by molar-refractivity contribution is -0.139. The van der Waals surface area contributed by atoms with Crippen molar-refractivity contribution in [1.82, 2.24) is 10.0 Å². The molecular weight excluding hydrogens is 499 g/mol. The first-order valence-corrected chi connectivity index (χ1v) is 12.5. The van der Waals surface area contributed by atoms with Crippen molar-refractivity contribution in [3.8, 4) is 11.1 Å². The van der Waals surface area contributed by atoms with E-state index in [4.69, 9.17) is 23.2 Å². The molecule has 0 spiro atoms. The maximum Gasteiger partial charge on any atom is 0.321 e. The fraction of sp³-hybridized carbons (Fsp3) is 0.167. The van der Waals surface area contributed by atoms with Gasteiger partial charge in [-0.1, -0.05) is 47.5 Å². The van der Waals surface area contributed by atoms with E-state index in [0.717, 1.165) is 11.1 Å². The monoisotopic (exact) mass is 520 g/mol. The summed E-state index contributed by atoms with van der Waals surface area (Å²) in [5, 5.41) is 13.2. The van der Waals surface area contributed by atoms with Crippen molar-refractivity contribution in [2.75, 3.05) is 6.54 Å². The summed E-state index contributed by atoms with van der Waals surface area (Å²) in [5.41, 5.74) is 2.08. The van der Waals surface area contributed by atoms with Crippen LogP contribution in [0.25, 0.3) is 11.1 Å². The highest BCUT2D eigenvalue weighted by atomic mass is 35.5. The number of carboxylic acids is 1. The Bertz CT molecular complexity index is 1250. The van der Waals surface area contributed by atoms with Crippen LogP contribution >= 0.6 is 23.2 Å². The first-order chi connectivity index (χ1) is 16.2. The molecule has 1 atom stereocenters. The summed E-state index contributed by atoms with van der Waals surface area (Å²) in [4.78, 5) is 23.7. The molecule has 3 aromatic carbocycles. The van der Waals surface area contributed by atoms with Gasteiger partial charge in [-0.05, 0) is 72.5 Å². The van der Waals surface area contributed by atoms with E-state index < -0.39 is 22.0 Å². The van der Waals surface area contributed by atoms with Crippen LogP contribution in [-0.2, 0) is 14.8 Å². The van der Waals surface area contributed by atoms with Gasteiger partial charge < -0.3 is 10.4 Å². The quantitative estimate of drug-likeness (QED) is 0.338. The minimum atomic E-state index is -4.06. The van der Waals surface area contributed by atoms with Crippen molar-refractivity contribution in [3.63, 3.8) is 0 Å². The van der Waals surface area contributed by atoms with E-state index >= 15 is 0 Å². The molecule has 0 saturated carbocycles. The van der Waals surface area contributed by atoms with Crippen molar-refractivity contribution < 1.29 is 23.1 Å². The van der Waals surface area contributed by atoms with E-state index in [1.807, 2.05) is 12.1 Å². The third-order valence-corrected chi connectivity index (χ3v) is 6.99. The largest absolute Gasteiger partial charge is 0.480 e. The molecule has 0 aliphatic carbocycles. The molecule has 3 N–H and O–H groups in total. The molecule has 1 amide bonds. The fourth-order valence-corrected chi connectivity index (χ4v) is 4.64. The van der Waals surface area contributed by atoms with Gasteiger partial charge in [-0.3, -0.25) is 9.59 Å². The van der Waals surface area contributed by atoms with Crippen LogP contribution < -0.4 is 10.0 Å². The summed E-state index contributed by atoms with van der Waals surface area (Å²) in [6, 6.07) is 18.2. The van der Waals surface area contributed by atoms with Gasteiger partial charge in [0.25, 0.3) is 5.91 Å². The van der Waals surface area contributed by atoms with Gasteiger partial charge in [0.2, 0.25) is 10.0 Å². The molecule has 0 fully saturated rings. The maximum atomic E-state index is 12.7. The van der Waals surface area contributed by atoms with E-state index in [-0.39, 0.29) is 30.2 Å². The van der Waals surface area contributed by atoms with E-state index in [0.29, 0.717) is 15.6 Å². The SMILES string of the molecule is O=C(NCCC[C@H](NS(=O)(=O)c1ccc(-c2ccc(Cl)cc2)cc1)C(=O)O)c1ccc(Cl)cc1. The first-order valence-electron chi connectivity index (χ1n) is 10.3. The number of hydrogen-bond acceptors (Lipinski definition) is 4. The average Bonchev–Trinajstić information content (AvgIpc) is 2.81. The number of carbonyl (C=O) groups excluding carboxylic acids is 1. The van der Waals surface area contributed by atoms with Crippen LogP contribution in [0.5, 0.6) is 0 Å². The minimum Gasteiger partial charge on any atom is -0.480 e. The van der Waals surface area contributed by atoms with Crippen LogP contribution in [0, 0.1) is 0 Å². The fourth-order valence-electron chi connectivity index (χ4n) is 3.17. The molecular formula is C24H22Cl2N2O5S. The summed E-state index contributed by atoms with van der Waals surface area (Å²) in [7, 11) is -4.06. The first kappa shape index (κ1) is 25.7. The highest BCUT2D eigenvalue weighted by Crippen LogP contribution is 2.23. The highest BCUT2D eigenvalue weighted by molar-refractivity contribution is 7.89. The predicted molar refractivity (Wildman–Crippen MR) is 132 cm³/mol. The molecule has 10 heteroatoms. The second kappa shape index (κ2) is 11.5. The van der Waals surface area contributed by atoms with Crippen LogP contribution in [-0.4, -0.2) is 38.0 Å². The van der Waals surface area contributed by atoms with Crippen molar-refractivity contribution in [1.29, 1.82) is 0 Å². The Kier molecular flexibility index (Phi) is 8.68. The van der Waals surface area contributed by atoms with Crippen LogP contribution in [0.3, 0.4) is 0 Å². The number of amides is 1. The average molecular weight is 521 g/mol. The Morgan fingerprint density at radius 3 is 1.85 bits per heavy atom. The third kappa shape index (κ3) is 7.04. The third-order valence-electron chi connectivity index (χ3n) is 5.00. The lowest BCUT2D eigenvalue weighted by atomic mass is 10.1. The Hall–Kier alpha value is -2.91. The van der Waals surface area contributed by atoms with Crippen molar-refractivity contribution in [2.45, 2.75) is 23.8 Å². The van der Waals surface area contributed by atoms with E-state index in [2.05, 4.69) is 10.0 Å². The predicted octanol–water partition coefficient (Wildman–Crippen LogP) is 4.60. The van der Waals surface area contributed by atoms with Crippen LogP contribution in [0.4, 0.5) is 0 Å². The van der Waals surface area contributed by atoms with Crippen LogP contribution in [0.15, 0.2) is 77.7 Å². The molecule has 7 nitrogen and oxygen atoms in total. The Morgan fingerprint density at radius 1 is 0.824 bits per heavy atom. The van der Waals surface area contributed by atoms with Gasteiger partial charge in [-0.25, -0.2) is 8.42 Å². The second-order valence-corrected chi connectivity index (χ2v) is 10.0. The molecule has 0 bridgehead atoms. The van der Waals surface area contributed by atoms with Crippen LogP contribution in [0.2, 0.25) is 10.0 Å². The molecule has 3 aromatic rings. The number of benzene rings is 3. The van der Waals surface area contributed by atoms with E-state index in [1.165, 1.54) is 12.1 Å². The molecule has 34 heavy (non-hydrogen) atoms. The zero-order chi connectivity index (χ0) is 24.7. The number of hydrogen-bond donors (Lipinski definition) is 3. The van der Waals surface area contributed by atoms with Gasteiger partial charge in [-0.2, -0.15) is 4.72 Å². The Morgan fingerprint density at radius 2 is 1.32 bits per heavy atom. The van der Waals surface area contributed by atoms with Gasteiger partial charge in [-0.15, -0.1) is 0 Å². The topological polar surface area (TPSA) is 113 Å². The minimum absolute atomic E-state index is 0.00167. The van der Waals surface area contributed by atoms with Crippen molar-refractivity contribution in [3.05, 3.63) is 88.4 Å². The molecule has 178 valence electrons. The number of sulfonamides is 1. The summed E-state index contributed by atoms with van der Waals surface area (Å²) in [6.45, 7) is 0.183. The Balaban J connectivity index is 1.57. The van der Waals surface area contributed by atoms with Gasteiger partial charge in [0.15, 0.2) is 0 Å². The highest BCUT2D eigenvalue weighted by Gasteiger charge is 2.25. The molecule has 0 aromatic heterocycles. The Labute approximate surface area is 207 Å². The normalized spacial score (nSPS) is 12.2. The number of carbonyl (C=O) groups is 2. The zero-order valence-electron chi connectivity index (χ0n) is 17.9. The number of halogens is 2. The standard InChI is InChI=1S/C24H22Cl2N2O5S/c25-19-9-3-16(4-10-19)17-7-13-21(14-8-17)34(32,33)28-22(24(30)31)2-1-15-27-23(29)18-5-11-20(26)12-6-18/h3-14,22,28H,1-2,15H2,(H,27,29)(H,30,31)/t22-/m0/s1. The number of carboxylic acid groups (broad SMARTS) is 1. The van der Waals surface area contributed by atoms with Crippen molar-refractivity contribution in [2.24, 2.45) is 0 Å². The van der Waals surface area contributed by atoms with Gasteiger partial charge in [0, 0.05) is 22.2 Å². The number of rotatable bonds is 10. The zero-order valence-corrected chi connectivity index (χ0v) is 20.2. The number of nitrogens with one attached hydrogen (secondary N) is 2. The molecule has 0 saturated heterocycles. The lowest BCUT2D eigenvalue weighted by Crippen LogP contribution is -2.41. The number of aliphatic carboxylic acids is 1. The summed E-state index contributed by atoms with van der Waals surface area (Å²) >= 11 is 11.7. The molecule has 0 heterocycles. The smallest absolute Gasteiger partial charge is 0.321 e. The molecule has 0 radical (unpaired) electrons. The summed E-state index contributed by atoms with van der Waals surface area (Å²) in [6.07, 6.45) is 0.257. The van der Waals surface area contributed by atoms with E-state index in [9.17, 15) is 23.1 Å². The summed E-state index contributed by atoms with van der Waals surface area (Å²) < 4.78 is 27.7.